The summed E-state index contributed by atoms with van der Waals surface area (Å²) in [5.74, 6) is 0. The largest absolute Gasteiger partial charge is 0.310 e. The van der Waals surface area contributed by atoms with Crippen molar-refractivity contribution in [3.8, 4) is 10.4 Å². The van der Waals surface area contributed by atoms with Gasteiger partial charge in [0.25, 0.3) is 0 Å². The van der Waals surface area contributed by atoms with Gasteiger partial charge < -0.3 is 5.32 Å². The van der Waals surface area contributed by atoms with E-state index in [0.29, 0.717) is 6.04 Å². The number of rotatable bonds is 4. The molecule has 0 bridgehead atoms. The third-order valence-electron chi connectivity index (χ3n) is 2.34. The van der Waals surface area contributed by atoms with E-state index in [-0.39, 0.29) is 0 Å². The first-order chi connectivity index (χ1) is 8.15. The van der Waals surface area contributed by atoms with Crippen LogP contribution >= 0.6 is 27.3 Å². The molecule has 0 fully saturated rings. The average molecular weight is 311 g/mol. The predicted octanol–water partition coefficient (Wildman–Crippen LogP) is 4.07. The molecule has 0 aliphatic heterocycles. The van der Waals surface area contributed by atoms with E-state index in [0.717, 1.165) is 11.0 Å². The predicted molar refractivity (Wildman–Crippen MR) is 77.2 cm³/mol. The zero-order valence-electron chi connectivity index (χ0n) is 9.90. The molecule has 4 heteroatoms. The Morgan fingerprint density at radius 1 is 1.35 bits per heavy atom. The third-order valence-corrected chi connectivity index (χ3v) is 3.90. The van der Waals surface area contributed by atoms with Crippen molar-refractivity contribution in [1.29, 1.82) is 0 Å². The van der Waals surface area contributed by atoms with Crippen LogP contribution in [0.2, 0.25) is 0 Å². The number of nitrogens with zero attached hydrogens (tertiary/aromatic N) is 1. The highest BCUT2D eigenvalue weighted by Crippen LogP contribution is 2.29. The molecule has 0 aliphatic rings. The zero-order chi connectivity index (χ0) is 12.3. The van der Waals surface area contributed by atoms with Crippen LogP contribution in [0.3, 0.4) is 0 Å². The van der Waals surface area contributed by atoms with Crippen LogP contribution < -0.4 is 5.32 Å². The van der Waals surface area contributed by atoms with Crippen LogP contribution in [-0.4, -0.2) is 11.0 Å². The summed E-state index contributed by atoms with van der Waals surface area (Å²) in [7, 11) is 0. The molecule has 0 amide bonds. The first kappa shape index (κ1) is 12.7. The maximum absolute atomic E-state index is 4.19. The van der Waals surface area contributed by atoms with Crippen molar-refractivity contribution in [1.82, 2.24) is 10.3 Å². The van der Waals surface area contributed by atoms with E-state index >= 15 is 0 Å². The number of aromatic nitrogens is 1. The van der Waals surface area contributed by atoms with Crippen molar-refractivity contribution in [2.24, 2.45) is 0 Å². The van der Waals surface area contributed by atoms with E-state index in [1.807, 2.05) is 17.5 Å². The van der Waals surface area contributed by atoms with Crippen LogP contribution in [-0.2, 0) is 6.54 Å². The summed E-state index contributed by atoms with van der Waals surface area (Å²) in [5, 5.41) is 3.42. The fourth-order valence-corrected chi connectivity index (χ4v) is 2.78. The fourth-order valence-electron chi connectivity index (χ4n) is 1.48. The van der Waals surface area contributed by atoms with Gasteiger partial charge in [0.2, 0.25) is 0 Å². The van der Waals surface area contributed by atoms with Crippen LogP contribution in [0.15, 0.2) is 35.1 Å². The van der Waals surface area contributed by atoms with Gasteiger partial charge in [-0.25, -0.2) is 0 Å². The van der Waals surface area contributed by atoms with Crippen molar-refractivity contribution in [2.75, 3.05) is 0 Å². The summed E-state index contributed by atoms with van der Waals surface area (Å²) >= 11 is 5.26. The number of nitrogens with one attached hydrogen (secondary N) is 1. The summed E-state index contributed by atoms with van der Waals surface area (Å²) in [4.78, 5) is 6.81. The fraction of sp³-hybridized carbons (Fsp3) is 0.308. The second kappa shape index (κ2) is 5.76. The van der Waals surface area contributed by atoms with Gasteiger partial charge in [-0.05, 0) is 34.1 Å². The molecule has 1 N–H and O–H groups in total. The molecule has 17 heavy (non-hydrogen) atoms. The number of halogens is 1. The Hall–Kier alpha value is -0.710. The quantitative estimate of drug-likeness (QED) is 0.920. The van der Waals surface area contributed by atoms with Crippen LogP contribution in [0, 0.1) is 0 Å². The van der Waals surface area contributed by atoms with E-state index in [1.165, 1.54) is 15.3 Å². The van der Waals surface area contributed by atoms with Gasteiger partial charge in [-0.3, -0.25) is 4.98 Å². The van der Waals surface area contributed by atoms with Gasteiger partial charge in [0, 0.05) is 44.8 Å². The molecule has 2 aromatic rings. The number of hydrogen-bond acceptors (Lipinski definition) is 3. The second-order valence-electron chi connectivity index (χ2n) is 4.19. The standard InChI is InChI=1S/C13H15BrN2S/c1-9(2)16-8-12-3-4-13(17-12)10-5-11(14)7-15-6-10/h3-7,9,16H,8H2,1-2H3. The lowest BCUT2D eigenvalue weighted by Crippen LogP contribution is -2.21. The lowest BCUT2D eigenvalue weighted by atomic mass is 10.2. The lowest BCUT2D eigenvalue weighted by Gasteiger charge is -2.05. The normalized spacial score (nSPS) is 11.1. The first-order valence-corrected chi connectivity index (χ1v) is 7.19. The van der Waals surface area contributed by atoms with Gasteiger partial charge in [-0.15, -0.1) is 11.3 Å². The van der Waals surface area contributed by atoms with Gasteiger partial charge in [0.1, 0.15) is 0 Å². The minimum absolute atomic E-state index is 0.521. The first-order valence-electron chi connectivity index (χ1n) is 5.58. The van der Waals surface area contributed by atoms with Crippen molar-refractivity contribution in [3.63, 3.8) is 0 Å². The molecule has 2 aromatic heterocycles. The van der Waals surface area contributed by atoms with E-state index in [2.05, 4.69) is 58.3 Å². The molecule has 0 unspecified atom stereocenters. The Labute approximate surface area is 114 Å². The minimum atomic E-state index is 0.521. The molecule has 0 atom stereocenters. The molecule has 0 saturated carbocycles. The molecular weight excluding hydrogens is 296 g/mol. The Balaban J connectivity index is 2.12. The van der Waals surface area contributed by atoms with Crippen LogP contribution in [0.1, 0.15) is 18.7 Å². The molecular formula is C13H15BrN2S. The smallest absolute Gasteiger partial charge is 0.0410 e. The molecule has 0 aliphatic carbocycles. The summed E-state index contributed by atoms with van der Waals surface area (Å²) in [6, 6.07) is 6.95. The highest BCUT2D eigenvalue weighted by molar-refractivity contribution is 9.10. The summed E-state index contributed by atoms with van der Waals surface area (Å²) in [6.07, 6.45) is 3.70. The van der Waals surface area contributed by atoms with Crippen molar-refractivity contribution in [3.05, 3.63) is 39.9 Å². The highest BCUT2D eigenvalue weighted by atomic mass is 79.9. The molecule has 90 valence electrons. The Morgan fingerprint density at radius 3 is 2.88 bits per heavy atom. The third kappa shape index (κ3) is 3.63. The molecule has 0 aromatic carbocycles. The Kier molecular flexibility index (Phi) is 4.31. The number of pyridine rings is 1. The zero-order valence-corrected chi connectivity index (χ0v) is 12.3. The van der Waals surface area contributed by atoms with Gasteiger partial charge in [-0.1, -0.05) is 13.8 Å². The lowest BCUT2D eigenvalue weighted by molar-refractivity contribution is 0.593. The molecule has 2 rings (SSSR count). The Bertz CT molecular complexity index is 494. The van der Waals surface area contributed by atoms with Crippen LogP contribution in [0.4, 0.5) is 0 Å². The average Bonchev–Trinajstić information content (AvgIpc) is 2.75. The molecule has 0 spiro atoms. The second-order valence-corrected chi connectivity index (χ2v) is 6.28. The number of thiophene rings is 1. The topological polar surface area (TPSA) is 24.9 Å². The van der Waals surface area contributed by atoms with Gasteiger partial charge in [0.15, 0.2) is 0 Å². The van der Waals surface area contributed by atoms with E-state index < -0.39 is 0 Å². The van der Waals surface area contributed by atoms with Gasteiger partial charge >= 0.3 is 0 Å². The minimum Gasteiger partial charge on any atom is -0.310 e. The summed E-state index contributed by atoms with van der Waals surface area (Å²) in [5.41, 5.74) is 1.17. The molecule has 2 nitrogen and oxygen atoms in total. The maximum Gasteiger partial charge on any atom is 0.0410 e. The van der Waals surface area contributed by atoms with E-state index in [4.69, 9.17) is 0 Å². The van der Waals surface area contributed by atoms with Crippen molar-refractivity contribution in [2.45, 2.75) is 26.4 Å². The molecule has 2 heterocycles. The Morgan fingerprint density at radius 2 is 2.18 bits per heavy atom. The monoisotopic (exact) mass is 310 g/mol. The van der Waals surface area contributed by atoms with Crippen molar-refractivity contribution < 1.29 is 0 Å². The summed E-state index contributed by atoms with van der Waals surface area (Å²) < 4.78 is 1.02. The van der Waals surface area contributed by atoms with Crippen LogP contribution in [0.25, 0.3) is 10.4 Å². The van der Waals surface area contributed by atoms with Gasteiger partial charge in [-0.2, -0.15) is 0 Å². The summed E-state index contributed by atoms with van der Waals surface area (Å²) in [6.45, 7) is 5.25. The number of hydrogen-bond donors (Lipinski definition) is 1. The van der Waals surface area contributed by atoms with E-state index in [9.17, 15) is 0 Å². The van der Waals surface area contributed by atoms with Crippen LogP contribution in [0.5, 0.6) is 0 Å². The van der Waals surface area contributed by atoms with E-state index in [1.54, 1.807) is 6.20 Å². The van der Waals surface area contributed by atoms with Gasteiger partial charge in [0.05, 0.1) is 0 Å². The molecule has 0 saturated heterocycles. The highest BCUT2D eigenvalue weighted by Gasteiger charge is 2.04. The molecule has 0 radical (unpaired) electrons. The SMILES string of the molecule is CC(C)NCc1ccc(-c2cncc(Br)c2)s1. The van der Waals surface area contributed by atoms with Crippen molar-refractivity contribution >= 4 is 27.3 Å². The maximum atomic E-state index is 4.19.